The highest BCUT2D eigenvalue weighted by atomic mass is 35.5. The SMILES string of the molecule is Cc1cc(C(=O)NCCOc2ncc(C(F)(F)F)cc2Cl)nc(NC(=O)C2CC2)n1. The van der Waals surface area contributed by atoms with Gasteiger partial charge in [0.25, 0.3) is 5.91 Å². The van der Waals surface area contributed by atoms with Crippen LogP contribution in [0.25, 0.3) is 0 Å². The standard InChI is InChI=1S/C18H17ClF3N5O3/c1-9-6-13(26-17(25-9)27-14(28)10-2-3-10)15(29)23-4-5-30-16-12(19)7-11(8-24-16)18(20,21)22/h6-8,10H,2-5H2,1H3,(H,23,29)(H,25,26,27,28). The van der Waals surface area contributed by atoms with Crippen molar-refractivity contribution < 1.29 is 27.5 Å². The maximum atomic E-state index is 12.6. The molecule has 2 N–H and O–H groups in total. The van der Waals surface area contributed by atoms with Gasteiger partial charge in [-0.3, -0.25) is 14.9 Å². The Hall–Kier alpha value is -2.95. The Bertz CT molecular complexity index is 967. The fourth-order valence-electron chi connectivity index (χ4n) is 2.39. The van der Waals surface area contributed by atoms with Crippen LogP contribution in [0.4, 0.5) is 19.1 Å². The number of nitrogens with zero attached hydrogens (tertiary/aromatic N) is 3. The molecule has 0 aliphatic heterocycles. The van der Waals surface area contributed by atoms with Gasteiger partial charge in [0.2, 0.25) is 17.7 Å². The molecule has 8 nitrogen and oxygen atoms in total. The molecule has 0 saturated heterocycles. The number of amides is 2. The number of alkyl halides is 3. The molecule has 0 aromatic carbocycles. The Labute approximate surface area is 174 Å². The largest absolute Gasteiger partial charge is 0.475 e. The van der Waals surface area contributed by atoms with Crippen molar-refractivity contribution in [2.24, 2.45) is 5.92 Å². The molecule has 30 heavy (non-hydrogen) atoms. The lowest BCUT2D eigenvalue weighted by atomic mass is 10.3. The molecule has 2 aromatic heterocycles. The van der Waals surface area contributed by atoms with E-state index in [1.165, 1.54) is 6.07 Å². The molecule has 0 spiro atoms. The number of anilines is 1. The van der Waals surface area contributed by atoms with E-state index in [9.17, 15) is 22.8 Å². The number of hydrogen-bond acceptors (Lipinski definition) is 6. The summed E-state index contributed by atoms with van der Waals surface area (Å²) in [7, 11) is 0. The van der Waals surface area contributed by atoms with Crippen LogP contribution < -0.4 is 15.4 Å². The van der Waals surface area contributed by atoms with E-state index in [2.05, 4.69) is 25.6 Å². The Morgan fingerprint density at radius 1 is 1.27 bits per heavy atom. The van der Waals surface area contributed by atoms with Crippen LogP contribution in [0.1, 0.15) is 34.6 Å². The first kappa shape index (κ1) is 21.8. The molecule has 1 fully saturated rings. The van der Waals surface area contributed by atoms with Crippen LogP contribution in [0.2, 0.25) is 5.02 Å². The normalized spacial score (nSPS) is 13.6. The summed E-state index contributed by atoms with van der Waals surface area (Å²) in [6.45, 7) is 1.59. The molecule has 0 radical (unpaired) electrons. The lowest BCUT2D eigenvalue weighted by molar-refractivity contribution is -0.137. The lowest BCUT2D eigenvalue weighted by Crippen LogP contribution is -2.29. The summed E-state index contributed by atoms with van der Waals surface area (Å²) < 4.78 is 43.0. The number of ether oxygens (including phenoxy) is 1. The van der Waals surface area contributed by atoms with Crippen molar-refractivity contribution in [2.75, 3.05) is 18.5 Å². The number of hydrogen-bond donors (Lipinski definition) is 2. The highest BCUT2D eigenvalue weighted by Gasteiger charge is 2.32. The first-order chi connectivity index (χ1) is 14.1. The van der Waals surface area contributed by atoms with Gasteiger partial charge in [-0.05, 0) is 31.9 Å². The Balaban J connectivity index is 1.52. The maximum absolute atomic E-state index is 12.6. The van der Waals surface area contributed by atoms with Crippen LogP contribution in [0.3, 0.4) is 0 Å². The summed E-state index contributed by atoms with van der Waals surface area (Å²) in [5.74, 6) is -0.871. The van der Waals surface area contributed by atoms with Gasteiger partial charge in [-0.1, -0.05) is 11.6 Å². The topological polar surface area (TPSA) is 106 Å². The molecule has 2 heterocycles. The first-order valence-electron chi connectivity index (χ1n) is 8.94. The molecule has 0 unspecified atom stereocenters. The maximum Gasteiger partial charge on any atom is 0.417 e. The van der Waals surface area contributed by atoms with Gasteiger partial charge in [-0.25, -0.2) is 15.0 Å². The Kier molecular flexibility index (Phi) is 6.40. The smallest absolute Gasteiger partial charge is 0.417 e. The van der Waals surface area contributed by atoms with Gasteiger partial charge in [-0.2, -0.15) is 13.2 Å². The minimum atomic E-state index is -4.56. The van der Waals surface area contributed by atoms with Gasteiger partial charge in [0.15, 0.2) is 0 Å². The van der Waals surface area contributed by atoms with E-state index in [4.69, 9.17) is 16.3 Å². The van der Waals surface area contributed by atoms with E-state index < -0.39 is 17.6 Å². The molecule has 0 atom stereocenters. The zero-order chi connectivity index (χ0) is 21.9. The summed E-state index contributed by atoms with van der Waals surface area (Å²) in [6.07, 6.45) is -2.30. The molecule has 12 heteroatoms. The van der Waals surface area contributed by atoms with Gasteiger partial charge in [0.05, 0.1) is 12.1 Å². The minimum Gasteiger partial charge on any atom is -0.475 e. The third-order valence-corrected chi connectivity index (χ3v) is 4.30. The van der Waals surface area contributed by atoms with Crippen LogP contribution >= 0.6 is 11.6 Å². The summed E-state index contributed by atoms with van der Waals surface area (Å²) >= 11 is 5.75. The third kappa shape index (κ3) is 5.78. The van der Waals surface area contributed by atoms with Crippen molar-refractivity contribution in [3.63, 3.8) is 0 Å². The average molecular weight is 444 g/mol. The zero-order valence-corrected chi connectivity index (χ0v) is 16.5. The van der Waals surface area contributed by atoms with Crippen molar-refractivity contribution >= 4 is 29.4 Å². The number of carbonyl (C=O) groups is 2. The van der Waals surface area contributed by atoms with Crippen molar-refractivity contribution in [3.05, 3.63) is 40.3 Å². The van der Waals surface area contributed by atoms with Gasteiger partial charge < -0.3 is 10.1 Å². The van der Waals surface area contributed by atoms with Crippen LogP contribution in [0.5, 0.6) is 5.88 Å². The molecular weight excluding hydrogens is 427 g/mol. The average Bonchev–Trinajstić information content (AvgIpc) is 3.50. The molecule has 1 aliphatic carbocycles. The number of rotatable bonds is 7. The van der Waals surface area contributed by atoms with E-state index in [1.807, 2.05) is 0 Å². The third-order valence-electron chi connectivity index (χ3n) is 4.03. The molecule has 1 aliphatic rings. The van der Waals surface area contributed by atoms with Crippen molar-refractivity contribution in [3.8, 4) is 5.88 Å². The van der Waals surface area contributed by atoms with Gasteiger partial charge >= 0.3 is 6.18 Å². The van der Waals surface area contributed by atoms with Crippen LogP contribution in [-0.4, -0.2) is 39.9 Å². The fraction of sp³-hybridized carbons (Fsp3) is 0.389. The molecule has 2 aromatic rings. The molecule has 1 saturated carbocycles. The van der Waals surface area contributed by atoms with E-state index in [0.29, 0.717) is 18.0 Å². The van der Waals surface area contributed by atoms with Crippen molar-refractivity contribution in [1.29, 1.82) is 0 Å². The molecule has 160 valence electrons. The monoisotopic (exact) mass is 443 g/mol. The summed E-state index contributed by atoms with van der Waals surface area (Å²) in [6, 6.07) is 2.17. The van der Waals surface area contributed by atoms with E-state index in [-0.39, 0.29) is 47.5 Å². The first-order valence-corrected chi connectivity index (χ1v) is 9.31. The Morgan fingerprint density at radius 3 is 2.63 bits per heavy atom. The molecular formula is C18H17ClF3N5O3. The highest BCUT2D eigenvalue weighted by molar-refractivity contribution is 6.31. The minimum absolute atomic E-state index is 0.0185. The van der Waals surface area contributed by atoms with E-state index >= 15 is 0 Å². The van der Waals surface area contributed by atoms with Gasteiger partial charge in [0, 0.05) is 17.8 Å². The van der Waals surface area contributed by atoms with E-state index in [0.717, 1.165) is 12.8 Å². The second-order valence-corrected chi connectivity index (χ2v) is 7.00. The number of pyridine rings is 1. The summed E-state index contributed by atoms with van der Waals surface area (Å²) in [4.78, 5) is 35.8. The summed E-state index contributed by atoms with van der Waals surface area (Å²) in [5, 5.41) is 4.84. The van der Waals surface area contributed by atoms with Crippen LogP contribution in [-0.2, 0) is 11.0 Å². The lowest BCUT2D eigenvalue weighted by Gasteiger charge is -2.11. The highest BCUT2D eigenvalue weighted by Crippen LogP contribution is 2.33. The van der Waals surface area contributed by atoms with E-state index in [1.54, 1.807) is 6.92 Å². The summed E-state index contributed by atoms with van der Waals surface area (Å²) in [5.41, 5.74) is -0.436. The zero-order valence-electron chi connectivity index (χ0n) is 15.7. The molecule has 3 rings (SSSR count). The quantitative estimate of drug-likeness (QED) is 0.637. The van der Waals surface area contributed by atoms with Gasteiger partial charge in [-0.15, -0.1) is 0 Å². The van der Waals surface area contributed by atoms with Crippen molar-refractivity contribution in [2.45, 2.75) is 25.9 Å². The number of aromatic nitrogens is 3. The number of halogens is 4. The predicted molar refractivity (Wildman–Crippen MR) is 100 cm³/mol. The second-order valence-electron chi connectivity index (χ2n) is 6.59. The second kappa shape index (κ2) is 8.82. The number of carbonyl (C=O) groups excluding carboxylic acids is 2. The molecule has 2 amide bonds. The number of nitrogens with one attached hydrogen (secondary N) is 2. The predicted octanol–water partition coefficient (Wildman–Crippen LogP) is 3.01. The Morgan fingerprint density at radius 2 is 2.00 bits per heavy atom. The van der Waals surface area contributed by atoms with Gasteiger partial charge in [0.1, 0.15) is 17.3 Å². The fourth-order valence-corrected chi connectivity index (χ4v) is 2.61. The van der Waals surface area contributed by atoms with Crippen LogP contribution in [0.15, 0.2) is 18.3 Å². The number of aryl methyl sites for hydroxylation is 1. The van der Waals surface area contributed by atoms with Crippen molar-refractivity contribution in [1.82, 2.24) is 20.3 Å². The molecule has 0 bridgehead atoms. The van der Waals surface area contributed by atoms with Crippen LogP contribution in [0, 0.1) is 12.8 Å².